The molecule has 0 aliphatic carbocycles. The smallest absolute Gasteiger partial charge is 0.0134 e. The number of carbonyl (C=O) groups excluding carboxylic acids is 1. The van der Waals surface area contributed by atoms with Crippen LogP contribution in [0.4, 0.5) is 0 Å². The number of para-hydroxylation sites is 4. The van der Waals surface area contributed by atoms with Crippen LogP contribution < -0.4 is 47.7 Å². The topological polar surface area (TPSA) is 62.8 Å². The van der Waals surface area contributed by atoms with Crippen LogP contribution in [0, 0.1) is 6.65 Å². The molecule has 0 unspecified atom stereocenters. The van der Waals surface area contributed by atoms with Crippen molar-refractivity contribution in [3.8, 4) is 0 Å². The average Bonchev–Trinajstić information content (AvgIpc) is 0.776. The van der Waals surface area contributed by atoms with E-state index >= 15 is 0 Å². The first-order valence-corrected chi connectivity index (χ1v) is 54.7. The largest absolute Gasteiger partial charge is 0.0622 e. The molecule has 0 bridgehead atoms. The summed E-state index contributed by atoms with van der Waals surface area (Å²) in [6.07, 6.45) is 4.63. The summed E-state index contributed by atoms with van der Waals surface area (Å²) in [6.45, 7) is 38.7. The van der Waals surface area contributed by atoms with Crippen LogP contribution >= 0.6 is 66.9 Å². The van der Waals surface area contributed by atoms with E-state index in [4.69, 9.17) is 19.4 Å². The maximum atomic E-state index is 7.75. The molecule has 0 aliphatic rings. The van der Waals surface area contributed by atoms with Gasteiger partial charge in [0.15, 0.2) is 0 Å². The van der Waals surface area contributed by atoms with E-state index in [2.05, 4.69) is 481 Å². The molecule has 0 amide bonds. The van der Waals surface area contributed by atoms with Crippen molar-refractivity contribution in [2.75, 3.05) is 0 Å². The Balaban J connectivity index is 0.000000229. The molecule has 14 heteroatoms. The molecule has 0 fully saturated rings. The van der Waals surface area contributed by atoms with Crippen LogP contribution in [0.3, 0.4) is 0 Å². The van der Waals surface area contributed by atoms with Gasteiger partial charge in [-0.15, -0.1) is 0 Å². The first-order chi connectivity index (χ1) is 58.0. The van der Waals surface area contributed by atoms with Crippen molar-refractivity contribution < 1.29 is 44.1 Å². The van der Waals surface area contributed by atoms with Crippen molar-refractivity contribution >= 4 is 165 Å². The molecule has 0 spiro atoms. The molecule has 120 heavy (non-hydrogen) atoms. The minimum absolute atomic E-state index is 0. The minimum atomic E-state index is -0.460. The van der Waals surface area contributed by atoms with E-state index in [1.807, 2.05) is 17.3 Å². The van der Waals surface area contributed by atoms with E-state index in [-0.39, 0.29) is 15.3 Å². The van der Waals surface area contributed by atoms with Crippen molar-refractivity contribution in [3.63, 3.8) is 0 Å². The average molecular weight is 1910 g/mol. The third-order valence-corrected chi connectivity index (χ3v) is 38.8. The summed E-state index contributed by atoms with van der Waals surface area (Å²) in [7, 11) is 6.90. The predicted molar refractivity (Wildman–Crippen MR) is 539 cm³/mol. The number of pyridine rings is 2. The van der Waals surface area contributed by atoms with Gasteiger partial charge in [0.2, 0.25) is 0 Å². The number of rotatable bonds is 22. The van der Waals surface area contributed by atoms with Gasteiger partial charge in [-0.25, -0.2) is 9.97 Å². The Morgan fingerprint density at radius 3 is 0.692 bits per heavy atom. The minimum Gasteiger partial charge on any atom is -0.0622 e. The third kappa shape index (κ3) is 30.2. The van der Waals surface area contributed by atoms with Gasteiger partial charge in [0, 0.05) is 48.5 Å². The molecule has 2 heterocycles. The van der Waals surface area contributed by atoms with Crippen LogP contribution in [0.1, 0.15) is 120 Å². The summed E-state index contributed by atoms with van der Waals surface area (Å²) in [5.74, 6) is 0. The Bertz CT molecular complexity index is 4680. The molecule has 15 rings (SSSR count). The van der Waals surface area contributed by atoms with Crippen LogP contribution in [0.25, 0.3) is 43.6 Å². The van der Waals surface area contributed by atoms with Crippen molar-refractivity contribution in [1.82, 2.24) is 9.97 Å². The summed E-state index contributed by atoms with van der Waals surface area (Å²) < 4.78 is 7.50. The maximum Gasteiger partial charge on any atom is -0.0134 e. The van der Waals surface area contributed by atoms with Crippen molar-refractivity contribution in [3.05, 3.63) is 387 Å². The van der Waals surface area contributed by atoms with Gasteiger partial charge in [0.1, 0.15) is 0 Å². The van der Waals surface area contributed by atoms with Gasteiger partial charge in [-0.05, 0) is 174 Å². The third-order valence-electron chi connectivity index (χ3n) is 20.6. The molecule has 625 valence electrons. The van der Waals surface area contributed by atoms with E-state index in [0.717, 1.165) is 40.4 Å². The molecule has 0 saturated carbocycles. The standard InChI is InChI=1S/C27H39NP2.C22H28NP.3C18H15P.CHO.CO.CH4.2ClH.2Ru.H/c1-18(2)29(19(3)4)16-24-13-9-11-22-15-23-12-10-14-25(27(23)28-26(22)24)17-30(20(5)6)21(7)8;1-6-17-9-7-10-18-13-19-11-8-12-20(22(19)23-21(17)18)14-24(15(2)3)16(4)5;3*1-4-10-16(11-5-1)19(17-12-6-2-7-13-17)18-14-8-3-9-15-18;2*1-2;;;;;;/h9-15,18-21H,16-17H2,1-8H3;7-13,15-16H,6,14H2,1-5H3;3*1-15H;1H;;1H4;2*1H;;;/q;;;;;-1;;;;;2*+1;. The molecular formula is C106H120Cl2N2O2P6Ru2+. The van der Waals surface area contributed by atoms with E-state index in [1.165, 1.54) is 132 Å². The number of hydrogen-bond donors (Lipinski definition) is 0. The number of aromatic nitrogens is 2. The van der Waals surface area contributed by atoms with E-state index in [1.54, 1.807) is 17.3 Å². The second kappa shape index (κ2) is 56.0. The molecule has 0 atom stereocenters. The Labute approximate surface area is 755 Å². The molecule has 0 saturated heterocycles. The van der Waals surface area contributed by atoms with Gasteiger partial charge in [-0.3, -0.25) is 6.79 Å². The fourth-order valence-corrected chi connectivity index (χ4v) is 30.2. The number of nitrogens with zero attached hydrogens (tertiary/aromatic N) is 2. The van der Waals surface area contributed by atoms with Gasteiger partial charge < -0.3 is 4.79 Å². The number of halogens is 2. The Hall–Kier alpha value is -6.98. The normalized spacial score (nSPS) is 10.8. The van der Waals surface area contributed by atoms with E-state index in [0.29, 0.717) is 0 Å². The van der Waals surface area contributed by atoms with Crippen LogP contribution in [0.2, 0.25) is 0 Å². The molecule has 4 nitrogen and oxygen atoms in total. The predicted octanol–water partition coefficient (Wildman–Crippen LogP) is 27.0. The first kappa shape index (κ1) is 102. The van der Waals surface area contributed by atoms with Gasteiger partial charge in [-0.1, -0.05) is 396 Å². The molecule has 2 aromatic heterocycles. The maximum absolute atomic E-state index is 7.75. The molecule has 15 aromatic rings. The van der Waals surface area contributed by atoms with Crippen molar-refractivity contribution in [1.29, 1.82) is 0 Å². The van der Waals surface area contributed by atoms with Crippen molar-refractivity contribution in [2.45, 2.75) is 156 Å². The number of fused-ring (bicyclic) bond motifs is 4. The summed E-state index contributed by atoms with van der Waals surface area (Å²) in [5, 5.41) is 17.7. The number of aryl methyl sites for hydroxylation is 1. The van der Waals surface area contributed by atoms with Crippen LogP contribution in [0.5, 0.6) is 0 Å². The zero-order valence-electron chi connectivity index (χ0n) is 70.9. The van der Waals surface area contributed by atoms with Gasteiger partial charge >= 0.3 is 65.3 Å². The second-order valence-electron chi connectivity index (χ2n) is 30.3. The van der Waals surface area contributed by atoms with Crippen molar-refractivity contribution in [2.24, 2.45) is 0 Å². The Kier molecular flexibility index (Phi) is 47.5. The SMILES string of the molecule is C.CC(C)[PH+](Cc1cccc2cc3cccc(C[PH+](C(C)C)C(C)C)c3nc12)C(C)C.CCc1cccc2cc3cccc(CP(C(C)C)C(C)C)c3nc12.[C-]#[O+].[CH-]=O.[Cl][RuH].[Cl][Ru].c1ccc(P(c2ccccc2)c2ccccc2)cc1.c1ccc(P(c2ccccc2)c2ccccc2)cc1.c1ccc(P(c2ccccc2)c2ccccc2)cc1. The van der Waals surface area contributed by atoms with E-state index < -0.39 is 39.6 Å². The Morgan fingerprint density at radius 2 is 0.500 bits per heavy atom. The number of hydrogen-bond acceptors (Lipinski definition) is 3. The first-order valence-electron chi connectivity index (χ1n) is 40.7. The zero-order valence-corrected chi connectivity index (χ0v) is 81.6. The summed E-state index contributed by atoms with van der Waals surface area (Å²) in [6, 6.07) is 128. The molecule has 13 aromatic carbocycles. The van der Waals surface area contributed by atoms with Gasteiger partial charge in [0.25, 0.3) is 0 Å². The van der Waals surface area contributed by atoms with E-state index in [9.17, 15) is 0 Å². The number of benzene rings is 13. The monoisotopic (exact) mass is 1910 g/mol. The summed E-state index contributed by atoms with van der Waals surface area (Å²) in [5.41, 5.74) is 15.2. The summed E-state index contributed by atoms with van der Waals surface area (Å²) in [4.78, 5) is 18.2. The molecule has 0 aliphatic heterocycles. The van der Waals surface area contributed by atoms with Gasteiger partial charge in [-0.2, -0.15) is 0 Å². The van der Waals surface area contributed by atoms with Gasteiger partial charge in [0.05, 0.1) is 57.0 Å². The second-order valence-corrected chi connectivity index (χ2v) is 48.0. The fourth-order valence-electron chi connectivity index (χ4n) is 15.0. The van der Waals surface area contributed by atoms with Crippen LogP contribution in [-0.2, 0) is 69.0 Å². The molecule has 0 radical (unpaired) electrons. The van der Waals surface area contributed by atoms with Crippen LogP contribution in [0.15, 0.2) is 358 Å². The van der Waals surface area contributed by atoms with Crippen LogP contribution in [-0.4, -0.2) is 50.7 Å². The summed E-state index contributed by atoms with van der Waals surface area (Å²) >= 11 is 3.44. The quantitative estimate of drug-likeness (QED) is 0.0170. The Morgan fingerprint density at radius 1 is 0.317 bits per heavy atom. The fraction of sp³-hybridized carbons (Fsp3) is 0.226. The molecular weight excluding hydrogens is 1790 g/mol. The zero-order chi connectivity index (χ0) is 86.0. The molecule has 0 N–H and O–H groups in total.